The Morgan fingerprint density at radius 3 is 2.74 bits per heavy atom. The average Bonchev–Trinajstić information content (AvgIpc) is 2.93. The quantitative estimate of drug-likeness (QED) is 0.606. The van der Waals surface area contributed by atoms with Gasteiger partial charge in [-0.1, -0.05) is 19.1 Å². The minimum Gasteiger partial charge on any atom is -0.497 e. The maximum atomic E-state index is 5.32. The van der Waals surface area contributed by atoms with Crippen molar-refractivity contribution in [2.75, 3.05) is 26.0 Å². The van der Waals surface area contributed by atoms with Crippen LogP contribution in [0.15, 0.2) is 24.3 Å². The zero-order valence-electron chi connectivity index (χ0n) is 16.8. The van der Waals surface area contributed by atoms with E-state index in [4.69, 9.17) is 14.7 Å². The first kappa shape index (κ1) is 19.6. The van der Waals surface area contributed by atoms with Gasteiger partial charge in [0.25, 0.3) is 0 Å². The smallest absolute Gasteiger partial charge is 0.146 e. The molecule has 0 aliphatic heterocycles. The molecular weight excluding hydrogens is 356 g/mol. The van der Waals surface area contributed by atoms with E-state index in [9.17, 15) is 0 Å². The van der Waals surface area contributed by atoms with E-state index in [1.807, 2.05) is 12.1 Å². The lowest BCUT2D eigenvalue weighted by atomic mass is 10.2. The Bertz CT molecular complexity index is 922. The molecule has 0 atom stereocenters. The molecule has 27 heavy (non-hydrogen) atoms. The molecule has 3 aromatic rings. The van der Waals surface area contributed by atoms with Crippen LogP contribution in [0.5, 0.6) is 5.75 Å². The highest BCUT2D eigenvalue weighted by Crippen LogP contribution is 2.33. The first-order valence-corrected chi connectivity index (χ1v) is 10.2. The van der Waals surface area contributed by atoms with Crippen LogP contribution in [0.2, 0.25) is 0 Å². The minimum absolute atomic E-state index is 0.698. The SMILES string of the molecule is CCCNc1nc(CN(C)Cc2cccc(OC)c2)nc2sc(C)c(C)c12. The van der Waals surface area contributed by atoms with Gasteiger partial charge in [-0.2, -0.15) is 0 Å². The van der Waals surface area contributed by atoms with E-state index in [1.54, 1.807) is 18.4 Å². The number of nitrogens with one attached hydrogen (secondary N) is 1. The number of hydrogen-bond donors (Lipinski definition) is 1. The Hall–Kier alpha value is -2.18. The van der Waals surface area contributed by atoms with Gasteiger partial charge >= 0.3 is 0 Å². The molecule has 0 amide bonds. The summed E-state index contributed by atoms with van der Waals surface area (Å²) in [4.78, 5) is 14.3. The van der Waals surface area contributed by atoms with Crippen molar-refractivity contribution in [1.82, 2.24) is 14.9 Å². The van der Waals surface area contributed by atoms with Crippen LogP contribution in [-0.4, -0.2) is 35.6 Å². The van der Waals surface area contributed by atoms with Gasteiger partial charge in [-0.3, -0.25) is 4.90 Å². The fraction of sp³-hybridized carbons (Fsp3) is 0.429. The molecule has 1 aromatic carbocycles. The molecule has 0 fully saturated rings. The Kier molecular flexibility index (Phi) is 6.29. The fourth-order valence-corrected chi connectivity index (χ4v) is 4.16. The van der Waals surface area contributed by atoms with Crippen molar-refractivity contribution in [3.63, 3.8) is 0 Å². The number of methoxy groups -OCH3 is 1. The van der Waals surface area contributed by atoms with Crippen LogP contribution in [0.4, 0.5) is 5.82 Å². The van der Waals surface area contributed by atoms with Gasteiger partial charge in [0.05, 0.1) is 19.0 Å². The average molecular weight is 385 g/mol. The van der Waals surface area contributed by atoms with E-state index < -0.39 is 0 Å². The van der Waals surface area contributed by atoms with Crippen molar-refractivity contribution in [2.24, 2.45) is 0 Å². The van der Waals surface area contributed by atoms with Crippen molar-refractivity contribution in [1.29, 1.82) is 0 Å². The molecule has 0 saturated heterocycles. The van der Waals surface area contributed by atoms with Crippen LogP contribution in [-0.2, 0) is 13.1 Å². The zero-order valence-corrected chi connectivity index (χ0v) is 17.6. The predicted octanol–water partition coefficient (Wildman–Crippen LogP) is 4.77. The number of fused-ring (bicyclic) bond motifs is 1. The molecule has 6 heteroatoms. The van der Waals surface area contributed by atoms with E-state index >= 15 is 0 Å². The molecule has 0 aliphatic carbocycles. The van der Waals surface area contributed by atoms with Crippen molar-refractivity contribution >= 4 is 27.4 Å². The Balaban J connectivity index is 1.83. The van der Waals surface area contributed by atoms with Crippen LogP contribution in [0.1, 0.15) is 35.2 Å². The van der Waals surface area contributed by atoms with Gasteiger partial charge in [-0.05, 0) is 50.6 Å². The Labute approximate surface area is 165 Å². The highest BCUT2D eigenvalue weighted by molar-refractivity contribution is 7.18. The van der Waals surface area contributed by atoms with Crippen LogP contribution in [0.3, 0.4) is 0 Å². The minimum atomic E-state index is 0.698. The number of rotatable bonds is 8. The van der Waals surface area contributed by atoms with Gasteiger partial charge < -0.3 is 10.1 Å². The standard InChI is InChI=1S/C21H28N4OS/c1-6-10-22-20-19-14(2)15(3)27-21(19)24-18(23-20)13-25(4)12-16-8-7-9-17(11-16)26-5/h7-9,11H,6,10,12-13H2,1-5H3,(H,22,23,24). The fourth-order valence-electron chi connectivity index (χ4n) is 3.12. The van der Waals surface area contributed by atoms with Gasteiger partial charge in [-0.25, -0.2) is 9.97 Å². The first-order valence-electron chi connectivity index (χ1n) is 9.33. The molecule has 1 N–H and O–H groups in total. The lowest BCUT2D eigenvalue weighted by Gasteiger charge is -2.17. The molecule has 0 saturated carbocycles. The lowest BCUT2D eigenvalue weighted by Crippen LogP contribution is -2.19. The molecule has 2 heterocycles. The highest BCUT2D eigenvalue weighted by Gasteiger charge is 2.15. The molecule has 0 spiro atoms. The maximum Gasteiger partial charge on any atom is 0.146 e. The number of aromatic nitrogens is 2. The summed E-state index contributed by atoms with van der Waals surface area (Å²) in [6.07, 6.45) is 1.07. The second kappa shape index (κ2) is 8.67. The lowest BCUT2D eigenvalue weighted by molar-refractivity contribution is 0.310. The van der Waals surface area contributed by atoms with Gasteiger partial charge in [0.2, 0.25) is 0 Å². The zero-order chi connectivity index (χ0) is 19.4. The van der Waals surface area contributed by atoms with E-state index in [2.05, 4.69) is 50.2 Å². The van der Waals surface area contributed by atoms with Crippen LogP contribution in [0.25, 0.3) is 10.2 Å². The number of nitrogens with zero attached hydrogens (tertiary/aromatic N) is 3. The third kappa shape index (κ3) is 4.57. The van der Waals surface area contributed by atoms with Crippen LogP contribution >= 0.6 is 11.3 Å². The van der Waals surface area contributed by atoms with Crippen molar-refractivity contribution < 1.29 is 4.74 Å². The summed E-state index contributed by atoms with van der Waals surface area (Å²) < 4.78 is 5.32. The summed E-state index contributed by atoms with van der Waals surface area (Å²) >= 11 is 1.75. The van der Waals surface area contributed by atoms with Crippen molar-refractivity contribution in [2.45, 2.75) is 40.3 Å². The normalized spacial score (nSPS) is 11.3. The molecule has 0 radical (unpaired) electrons. The molecule has 2 aromatic heterocycles. The molecule has 0 bridgehead atoms. The molecule has 144 valence electrons. The molecule has 0 aliphatic rings. The van der Waals surface area contributed by atoms with Crippen LogP contribution < -0.4 is 10.1 Å². The third-order valence-electron chi connectivity index (χ3n) is 4.62. The number of hydrogen-bond acceptors (Lipinski definition) is 6. The van der Waals surface area contributed by atoms with E-state index in [1.165, 1.54) is 21.4 Å². The van der Waals surface area contributed by atoms with E-state index in [0.29, 0.717) is 6.54 Å². The molecule has 3 rings (SSSR count). The first-order chi connectivity index (χ1) is 13.0. The topological polar surface area (TPSA) is 50.3 Å². The summed E-state index contributed by atoms with van der Waals surface area (Å²) in [5.41, 5.74) is 2.50. The van der Waals surface area contributed by atoms with E-state index in [0.717, 1.165) is 41.7 Å². The predicted molar refractivity (Wildman–Crippen MR) is 114 cm³/mol. The van der Waals surface area contributed by atoms with E-state index in [-0.39, 0.29) is 0 Å². The Morgan fingerprint density at radius 1 is 1.19 bits per heavy atom. The summed E-state index contributed by atoms with van der Waals surface area (Å²) in [6, 6.07) is 8.17. The molecule has 5 nitrogen and oxygen atoms in total. The van der Waals surface area contributed by atoms with Gasteiger partial charge in [-0.15, -0.1) is 11.3 Å². The monoisotopic (exact) mass is 384 g/mol. The molecular formula is C21H28N4OS. The second-order valence-corrected chi connectivity index (χ2v) is 8.11. The number of anilines is 1. The second-order valence-electron chi connectivity index (χ2n) is 6.90. The molecule has 0 unspecified atom stereocenters. The summed E-state index contributed by atoms with van der Waals surface area (Å²) in [7, 11) is 3.79. The summed E-state index contributed by atoms with van der Waals surface area (Å²) in [5.74, 6) is 2.70. The Morgan fingerprint density at radius 2 is 2.00 bits per heavy atom. The summed E-state index contributed by atoms with van der Waals surface area (Å²) in [5, 5.41) is 4.66. The van der Waals surface area contributed by atoms with Gasteiger partial charge in [0, 0.05) is 18.0 Å². The van der Waals surface area contributed by atoms with Crippen molar-refractivity contribution in [3.05, 3.63) is 46.1 Å². The van der Waals surface area contributed by atoms with Gasteiger partial charge in [0.15, 0.2) is 0 Å². The largest absolute Gasteiger partial charge is 0.497 e. The number of aryl methyl sites for hydroxylation is 2. The van der Waals surface area contributed by atoms with Gasteiger partial charge in [0.1, 0.15) is 22.2 Å². The number of thiophene rings is 1. The highest BCUT2D eigenvalue weighted by atomic mass is 32.1. The number of ether oxygens (including phenoxy) is 1. The number of benzene rings is 1. The van der Waals surface area contributed by atoms with Crippen LogP contribution in [0, 0.1) is 13.8 Å². The summed E-state index contributed by atoms with van der Waals surface area (Å²) in [6.45, 7) is 8.91. The van der Waals surface area contributed by atoms with Crippen molar-refractivity contribution in [3.8, 4) is 5.75 Å². The maximum absolute atomic E-state index is 5.32. The third-order valence-corrected chi connectivity index (χ3v) is 5.72.